The van der Waals surface area contributed by atoms with Crippen LogP contribution in [0.2, 0.25) is 0 Å². The van der Waals surface area contributed by atoms with E-state index < -0.39 is 0 Å². The molecule has 0 aliphatic carbocycles. The zero-order valence-corrected chi connectivity index (χ0v) is 11.3. The van der Waals surface area contributed by atoms with Gasteiger partial charge in [-0.05, 0) is 13.8 Å². The van der Waals surface area contributed by atoms with Gasteiger partial charge < -0.3 is 15.8 Å². The molecule has 3 N–H and O–H groups in total. The molecule has 0 bridgehead atoms. The van der Waals surface area contributed by atoms with E-state index >= 15 is 0 Å². The molecule has 0 saturated carbocycles. The van der Waals surface area contributed by atoms with Crippen molar-refractivity contribution in [1.82, 2.24) is 10.2 Å². The molecule has 1 heterocycles. The molecule has 1 atom stereocenters. The number of rotatable bonds is 5. The highest BCUT2D eigenvalue weighted by atomic mass is 16.5. The first-order valence-corrected chi connectivity index (χ1v) is 6.22. The molecule has 1 aliphatic heterocycles. The van der Waals surface area contributed by atoms with Gasteiger partial charge >= 0.3 is 0 Å². The molecule has 100 valence electrons. The van der Waals surface area contributed by atoms with Crippen molar-refractivity contribution in [1.29, 1.82) is 0 Å². The Morgan fingerprint density at radius 1 is 1.53 bits per heavy atom. The molecular formula is C12H25N3O2. The lowest BCUT2D eigenvalue weighted by Crippen LogP contribution is -2.56. The number of nitrogens with two attached hydrogens (primary N) is 1. The Bertz CT molecular complexity index is 266. The average molecular weight is 243 g/mol. The molecule has 0 aromatic carbocycles. The third-order valence-corrected chi connectivity index (χ3v) is 2.82. The number of hydrogen-bond donors (Lipinski definition) is 2. The summed E-state index contributed by atoms with van der Waals surface area (Å²) in [5, 5.41) is 3.20. The largest absolute Gasteiger partial charge is 0.373 e. The fourth-order valence-corrected chi connectivity index (χ4v) is 2.16. The van der Waals surface area contributed by atoms with E-state index in [1.165, 1.54) is 0 Å². The number of hydrogen-bond acceptors (Lipinski definition) is 4. The Morgan fingerprint density at radius 3 is 2.65 bits per heavy atom. The van der Waals surface area contributed by atoms with Crippen LogP contribution in [-0.2, 0) is 9.53 Å². The standard InChI is InChI=1S/C12H25N3O2/c1-9(2)14-10(11(13)16)7-15-5-6-17-12(3,4)8-15/h9-10,14H,5-8H2,1-4H3,(H2,13,16). The molecule has 1 rings (SSSR count). The van der Waals surface area contributed by atoms with Gasteiger partial charge in [0, 0.05) is 25.7 Å². The number of amides is 1. The highest BCUT2D eigenvalue weighted by molar-refractivity contribution is 5.80. The topological polar surface area (TPSA) is 67.6 Å². The van der Waals surface area contributed by atoms with Crippen molar-refractivity contribution in [3.8, 4) is 0 Å². The first-order valence-electron chi connectivity index (χ1n) is 6.22. The zero-order valence-electron chi connectivity index (χ0n) is 11.3. The maximum absolute atomic E-state index is 11.4. The molecule has 1 unspecified atom stereocenters. The van der Waals surface area contributed by atoms with E-state index in [1.54, 1.807) is 0 Å². The number of morpholine rings is 1. The minimum Gasteiger partial charge on any atom is -0.373 e. The van der Waals surface area contributed by atoms with Crippen molar-refractivity contribution in [2.45, 2.75) is 45.4 Å². The fourth-order valence-electron chi connectivity index (χ4n) is 2.16. The van der Waals surface area contributed by atoms with Crippen molar-refractivity contribution in [3.63, 3.8) is 0 Å². The lowest BCUT2D eigenvalue weighted by Gasteiger charge is -2.39. The molecule has 0 aromatic rings. The van der Waals surface area contributed by atoms with Gasteiger partial charge in [-0.1, -0.05) is 13.8 Å². The Morgan fingerprint density at radius 2 is 2.18 bits per heavy atom. The summed E-state index contributed by atoms with van der Waals surface area (Å²) in [7, 11) is 0. The van der Waals surface area contributed by atoms with Crippen LogP contribution in [0, 0.1) is 0 Å². The second kappa shape index (κ2) is 5.80. The molecule has 5 heteroatoms. The smallest absolute Gasteiger partial charge is 0.235 e. The second-order valence-corrected chi connectivity index (χ2v) is 5.62. The monoisotopic (exact) mass is 243 g/mol. The predicted octanol–water partition coefficient (Wildman–Crippen LogP) is -0.0509. The van der Waals surface area contributed by atoms with E-state index in [9.17, 15) is 4.79 Å². The number of carbonyl (C=O) groups is 1. The normalized spacial score (nSPS) is 22.6. The van der Waals surface area contributed by atoms with Gasteiger partial charge in [0.25, 0.3) is 0 Å². The van der Waals surface area contributed by atoms with Gasteiger partial charge in [0.15, 0.2) is 0 Å². The first kappa shape index (κ1) is 14.4. The number of primary amides is 1. The molecule has 1 aliphatic rings. The Labute approximate surface area is 104 Å². The summed E-state index contributed by atoms with van der Waals surface area (Å²) in [6.07, 6.45) is 0. The van der Waals surface area contributed by atoms with Crippen LogP contribution in [0.1, 0.15) is 27.7 Å². The number of nitrogens with one attached hydrogen (secondary N) is 1. The lowest BCUT2D eigenvalue weighted by molar-refractivity contribution is -0.122. The van der Waals surface area contributed by atoms with E-state index in [0.717, 1.165) is 13.1 Å². The minimum absolute atomic E-state index is 0.141. The van der Waals surface area contributed by atoms with Crippen LogP contribution in [-0.4, -0.2) is 54.7 Å². The van der Waals surface area contributed by atoms with Crippen LogP contribution >= 0.6 is 0 Å². The minimum atomic E-state index is -0.289. The van der Waals surface area contributed by atoms with Crippen LogP contribution in [0.3, 0.4) is 0 Å². The predicted molar refractivity (Wildman–Crippen MR) is 67.7 cm³/mol. The van der Waals surface area contributed by atoms with E-state index in [-0.39, 0.29) is 23.6 Å². The lowest BCUT2D eigenvalue weighted by atomic mass is 10.1. The van der Waals surface area contributed by atoms with Gasteiger partial charge in [-0.15, -0.1) is 0 Å². The van der Waals surface area contributed by atoms with Gasteiger partial charge in [-0.3, -0.25) is 9.69 Å². The summed E-state index contributed by atoms with van der Waals surface area (Å²) < 4.78 is 5.64. The second-order valence-electron chi connectivity index (χ2n) is 5.62. The van der Waals surface area contributed by atoms with Crippen LogP contribution in [0.15, 0.2) is 0 Å². The molecule has 17 heavy (non-hydrogen) atoms. The van der Waals surface area contributed by atoms with Gasteiger partial charge in [0.05, 0.1) is 18.2 Å². The molecule has 1 saturated heterocycles. The van der Waals surface area contributed by atoms with E-state index in [1.807, 2.05) is 13.8 Å². The van der Waals surface area contributed by atoms with Crippen LogP contribution in [0.5, 0.6) is 0 Å². The molecule has 1 amide bonds. The van der Waals surface area contributed by atoms with Gasteiger partial charge in [0.1, 0.15) is 0 Å². The zero-order chi connectivity index (χ0) is 13.1. The summed E-state index contributed by atoms with van der Waals surface area (Å²) in [6, 6.07) is -0.0366. The summed E-state index contributed by atoms with van der Waals surface area (Å²) in [5.41, 5.74) is 5.27. The molecule has 0 aromatic heterocycles. The number of ether oxygens (including phenoxy) is 1. The summed E-state index contributed by atoms with van der Waals surface area (Å²) >= 11 is 0. The van der Waals surface area contributed by atoms with Gasteiger partial charge in [-0.25, -0.2) is 0 Å². The third kappa shape index (κ3) is 5.02. The van der Waals surface area contributed by atoms with Gasteiger partial charge in [0.2, 0.25) is 5.91 Å². The average Bonchev–Trinajstić information content (AvgIpc) is 2.14. The SMILES string of the molecule is CC(C)NC(CN1CCOC(C)(C)C1)C(N)=O. The maximum Gasteiger partial charge on any atom is 0.235 e. The summed E-state index contributed by atoms with van der Waals surface area (Å²) in [6.45, 7) is 11.2. The molecule has 5 nitrogen and oxygen atoms in total. The molecule has 0 radical (unpaired) electrons. The number of carbonyl (C=O) groups excluding carboxylic acids is 1. The van der Waals surface area contributed by atoms with Crippen molar-refractivity contribution >= 4 is 5.91 Å². The molecular weight excluding hydrogens is 218 g/mol. The van der Waals surface area contributed by atoms with Crippen molar-refractivity contribution in [2.75, 3.05) is 26.2 Å². The summed E-state index contributed by atoms with van der Waals surface area (Å²) in [5.74, 6) is -0.289. The van der Waals surface area contributed by atoms with E-state index in [4.69, 9.17) is 10.5 Å². The maximum atomic E-state index is 11.4. The van der Waals surface area contributed by atoms with Crippen LogP contribution < -0.4 is 11.1 Å². The molecule has 1 fully saturated rings. The number of nitrogens with zero attached hydrogens (tertiary/aromatic N) is 1. The van der Waals surface area contributed by atoms with Crippen molar-refractivity contribution in [3.05, 3.63) is 0 Å². The fraction of sp³-hybridized carbons (Fsp3) is 0.917. The Balaban J connectivity index is 2.52. The van der Waals surface area contributed by atoms with Crippen LogP contribution in [0.25, 0.3) is 0 Å². The Kier molecular flexibility index (Phi) is 4.91. The molecule has 0 spiro atoms. The van der Waals surface area contributed by atoms with Crippen molar-refractivity contribution < 1.29 is 9.53 Å². The van der Waals surface area contributed by atoms with Gasteiger partial charge in [-0.2, -0.15) is 0 Å². The van der Waals surface area contributed by atoms with Crippen molar-refractivity contribution in [2.24, 2.45) is 5.73 Å². The van der Waals surface area contributed by atoms with E-state index in [0.29, 0.717) is 13.2 Å². The third-order valence-electron chi connectivity index (χ3n) is 2.82. The Hall–Kier alpha value is -0.650. The van der Waals surface area contributed by atoms with E-state index in [2.05, 4.69) is 24.1 Å². The summed E-state index contributed by atoms with van der Waals surface area (Å²) in [4.78, 5) is 13.6. The highest BCUT2D eigenvalue weighted by Crippen LogP contribution is 2.16. The first-order chi connectivity index (χ1) is 7.80. The highest BCUT2D eigenvalue weighted by Gasteiger charge is 2.29. The quantitative estimate of drug-likeness (QED) is 0.710. The van der Waals surface area contributed by atoms with Crippen LogP contribution in [0.4, 0.5) is 0 Å².